The normalized spacial score (nSPS) is 17.5. The number of fused-ring (bicyclic) bond motifs is 1. The Morgan fingerprint density at radius 1 is 0.962 bits per heavy atom. The van der Waals surface area contributed by atoms with Gasteiger partial charge in [-0.2, -0.15) is 5.26 Å². The van der Waals surface area contributed by atoms with E-state index in [1.165, 1.54) is 21.9 Å². The third-order valence-electron chi connectivity index (χ3n) is 5.22. The third-order valence-corrected chi connectivity index (χ3v) is 5.22. The van der Waals surface area contributed by atoms with Crippen LogP contribution in [0.25, 0.3) is 21.9 Å². The van der Waals surface area contributed by atoms with Gasteiger partial charge in [0, 0.05) is 19.6 Å². The molecule has 0 aliphatic carbocycles. The Balaban J connectivity index is 1.51. The number of aliphatic hydroxyl groups is 1. The fraction of sp³-hybridized carbons (Fsp3) is 0.261. The summed E-state index contributed by atoms with van der Waals surface area (Å²) in [6.07, 6.45) is 1.77. The molecule has 1 fully saturated rings. The van der Waals surface area contributed by atoms with Crippen molar-refractivity contribution in [2.24, 2.45) is 0 Å². The van der Waals surface area contributed by atoms with E-state index in [9.17, 15) is 5.11 Å². The van der Waals surface area contributed by atoms with Crippen LogP contribution in [0.3, 0.4) is 0 Å². The molecule has 4 rings (SSSR count). The van der Waals surface area contributed by atoms with Gasteiger partial charge in [0.25, 0.3) is 0 Å². The second-order valence-electron chi connectivity index (χ2n) is 7.08. The Morgan fingerprint density at radius 3 is 2.42 bits per heavy atom. The van der Waals surface area contributed by atoms with Crippen molar-refractivity contribution in [2.75, 3.05) is 19.6 Å². The molecule has 1 saturated heterocycles. The molecule has 3 aromatic carbocycles. The van der Waals surface area contributed by atoms with Gasteiger partial charge in [0.1, 0.15) is 0 Å². The molecule has 1 heterocycles. The lowest BCUT2D eigenvalue weighted by Gasteiger charge is -2.15. The van der Waals surface area contributed by atoms with Gasteiger partial charge >= 0.3 is 0 Å². The predicted molar refractivity (Wildman–Crippen MR) is 105 cm³/mol. The van der Waals surface area contributed by atoms with Gasteiger partial charge in [-0.25, -0.2) is 0 Å². The standard InChI is InChI=1S/C23H22N2O/c24-15-18-2-4-19(5-3-18)21-8-7-20-13-17(1-6-22(20)14-21)9-11-25-12-10-23(26)16-25/h1-8,13-14,23,26H,9-12,16H2/t23-/m0/s1. The van der Waals surface area contributed by atoms with Crippen molar-refractivity contribution in [2.45, 2.75) is 18.9 Å². The quantitative estimate of drug-likeness (QED) is 0.780. The smallest absolute Gasteiger partial charge is 0.0991 e. The van der Waals surface area contributed by atoms with Crippen LogP contribution in [0.4, 0.5) is 0 Å². The van der Waals surface area contributed by atoms with Gasteiger partial charge in [-0.1, -0.05) is 42.5 Å². The first kappa shape index (κ1) is 16.8. The molecule has 0 saturated carbocycles. The van der Waals surface area contributed by atoms with Gasteiger partial charge in [0.2, 0.25) is 0 Å². The van der Waals surface area contributed by atoms with Gasteiger partial charge in [-0.3, -0.25) is 0 Å². The van der Waals surface area contributed by atoms with Crippen LogP contribution in [0, 0.1) is 11.3 Å². The van der Waals surface area contributed by atoms with E-state index in [2.05, 4.69) is 47.4 Å². The maximum atomic E-state index is 9.63. The number of aliphatic hydroxyl groups excluding tert-OH is 1. The van der Waals surface area contributed by atoms with Crippen molar-refractivity contribution in [3.05, 3.63) is 71.8 Å². The van der Waals surface area contributed by atoms with E-state index in [4.69, 9.17) is 5.26 Å². The van der Waals surface area contributed by atoms with Crippen LogP contribution in [0.1, 0.15) is 17.5 Å². The van der Waals surface area contributed by atoms with Crippen molar-refractivity contribution < 1.29 is 5.11 Å². The zero-order valence-corrected chi connectivity index (χ0v) is 14.7. The molecule has 3 nitrogen and oxygen atoms in total. The number of β-amino-alcohol motifs (C(OH)–C–C–N with tert-alkyl or cyclic N) is 1. The number of nitrogens with zero attached hydrogens (tertiary/aromatic N) is 2. The van der Waals surface area contributed by atoms with Gasteiger partial charge in [0.15, 0.2) is 0 Å². The first-order valence-electron chi connectivity index (χ1n) is 9.15. The highest BCUT2D eigenvalue weighted by molar-refractivity contribution is 5.87. The molecule has 26 heavy (non-hydrogen) atoms. The van der Waals surface area contributed by atoms with Crippen molar-refractivity contribution in [3.63, 3.8) is 0 Å². The van der Waals surface area contributed by atoms with Crippen molar-refractivity contribution >= 4 is 10.8 Å². The summed E-state index contributed by atoms with van der Waals surface area (Å²) in [6.45, 7) is 2.82. The number of likely N-dealkylation sites (tertiary alicyclic amines) is 1. The Kier molecular flexibility index (Phi) is 4.71. The monoisotopic (exact) mass is 342 g/mol. The van der Waals surface area contributed by atoms with Crippen LogP contribution in [0.2, 0.25) is 0 Å². The van der Waals surface area contributed by atoms with Crippen LogP contribution in [-0.4, -0.2) is 35.7 Å². The van der Waals surface area contributed by atoms with Crippen molar-refractivity contribution in [1.82, 2.24) is 4.90 Å². The summed E-state index contributed by atoms with van der Waals surface area (Å²) >= 11 is 0. The van der Waals surface area contributed by atoms with Gasteiger partial charge in [-0.15, -0.1) is 0 Å². The van der Waals surface area contributed by atoms with E-state index in [1.54, 1.807) is 0 Å². The fourth-order valence-electron chi connectivity index (χ4n) is 3.67. The van der Waals surface area contributed by atoms with E-state index >= 15 is 0 Å². The zero-order valence-electron chi connectivity index (χ0n) is 14.7. The lowest BCUT2D eigenvalue weighted by molar-refractivity contribution is 0.177. The van der Waals surface area contributed by atoms with E-state index in [0.29, 0.717) is 5.56 Å². The SMILES string of the molecule is N#Cc1ccc(-c2ccc3cc(CCN4CC[C@H](O)C4)ccc3c2)cc1. The van der Waals surface area contributed by atoms with Crippen molar-refractivity contribution in [1.29, 1.82) is 5.26 Å². The van der Waals surface area contributed by atoms with Crippen LogP contribution < -0.4 is 0 Å². The molecule has 0 unspecified atom stereocenters. The lowest BCUT2D eigenvalue weighted by Crippen LogP contribution is -2.24. The summed E-state index contributed by atoms with van der Waals surface area (Å²) < 4.78 is 0. The number of rotatable bonds is 4. The second kappa shape index (κ2) is 7.29. The molecule has 1 atom stereocenters. The Labute approximate surface area is 154 Å². The average Bonchev–Trinajstić information content (AvgIpc) is 3.11. The minimum atomic E-state index is -0.146. The molecular formula is C23H22N2O. The van der Waals surface area contributed by atoms with E-state index in [1.807, 2.05) is 24.3 Å². The minimum Gasteiger partial charge on any atom is -0.392 e. The van der Waals surface area contributed by atoms with Crippen LogP contribution in [0.15, 0.2) is 60.7 Å². The highest BCUT2D eigenvalue weighted by Crippen LogP contribution is 2.26. The molecule has 0 spiro atoms. The summed E-state index contributed by atoms with van der Waals surface area (Å²) in [5.74, 6) is 0. The Hall–Kier alpha value is -2.67. The summed E-state index contributed by atoms with van der Waals surface area (Å²) in [6, 6.07) is 23.1. The van der Waals surface area contributed by atoms with Gasteiger partial charge in [-0.05, 0) is 58.5 Å². The lowest BCUT2D eigenvalue weighted by atomic mass is 9.98. The Morgan fingerprint density at radius 2 is 1.69 bits per heavy atom. The molecule has 3 heteroatoms. The first-order chi connectivity index (χ1) is 12.7. The maximum absolute atomic E-state index is 9.63. The molecule has 0 radical (unpaired) electrons. The average molecular weight is 342 g/mol. The minimum absolute atomic E-state index is 0.146. The molecule has 3 aromatic rings. The summed E-state index contributed by atoms with van der Waals surface area (Å²) in [7, 11) is 0. The zero-order chi connectivity index (χ0) is 17.9. The third kappa shape index (κ3) is 3.62. The van der Waals surface area contributed by atoms with E-state index < -0.39 is 0 Å². The summed E-state index contributed by atoms with van der Waals surface area (Å²) in [4.78, 5) is 2.34. The molecule has 130 valence electrons. The van der Waals surface area contributed by atoms with Crippen LogP contribution >= 0.6 is 0 Å². The maximum Gasteiger partial charge on any atom is 0.0991 e. The van der Waals surface area contributed by atoms with Crippen molar-refractivity contribution in [3.8, 4) is 17.2 Å². The molecule has 0 amide bonds. The van der Waals surface area contributed by atoms with E-state index in [-0.39, 0.29) is 6.10 Å². The molecule has 1 aliphatic rings. The highest BCUT2D eigenvalue weighted by atomic mass is 16.3. The second-order valence-corrected chi connectivity index (χ2v) is 7.08. The van der Waals surface area contributed by atoms with Crippen LogP contribution in [0.5, 0.6) is 0 Å². The van der Waals surface area contributed by atoms with Crippen LogP contribution in [-0.2, 0) is 6.42 Å². The highest BCUT2D eigenvalue weighted by Gasteiger charge is 2.19. The fourth-order valence-corrected chi connectivity index (χ4v) is 3.67. The topological polar surface area (TPSA) is 47.3 Å². The predicted octanol–water partition coefficient (Wildman–Crippen LogP) is 3.99. The summed E-state index contributed by atoms with van der Waals surface area (Å²) in [5.41, 5.74) is 4.32. The molecule has 0 aromatic heterocycles. The molecular weight excluding hydrogens is 320 g/mol. The number of nitriles is 1. The molecule has 1 N–H and O–H groups in total. The molecule has 0 bridgehead atoms. The summed E-state index contributed by atoms with van der Waals surface area (Å²) in [5, 5.41) is 21.0. The number of benzene rings is 3. The Bertz CT molecular complexity index is 956. The van der Waals surface area contributed by atoms with Gasteiger partial charge < -0.3 is 10.0 Å². The first-order valence-corrected chi connectivity index (χ1v) is 9.15. The number of hydrogen-bond donors (Lipinski definition) is 1. The largest absolute Gasteiger partial charge is 0.392 e. The van der Waals surface area contributed by atoms with E-state index in [0.717, 1.165) is 38.0 Å². The number of hydrogen-bond acceptors (Lipinski definition) is 3. The van der Waals surface area contributed by atoms with Gasteiger partial charge in [0.05, 0.1) is 17.7 Å². The molecule has 1 aliphatic heterocycles.